The van der Waals surface area contributed by atoms with Crippen LogP contribution in [-0.2, 0) is 11.3 Å². The van der Waals surface area contributed by atoms with E-state index in [2.05, 4.69) is 4.90 Å². The molecular formula is C11H17NO3. The van der Waals surface area contributed by atoms with E-state index in [0.717, 1.165) is 18.9 Å². The second-order valence-electron chi connectivity index (χ2n) is 3.36. The molecule has 1 aromatic rings. The number of ether oxygens (including phenoxy) is 1. The highest BCUT2D eigenvalue weighted by Gasteiger charge is 2.04. The summed E-state index contributed by atoms with van der Waals surface area (Å²) in [5.41, 5.74) is 0. The van der Waals surface area contributed by atoms with Gasteiger partial charge in [-0.2, -0.15) is 0 Å². The summed E-state index contributed by atoms with van der Waals surface area (Å²) in [6, 6.07) is 3.50. The second kappa shape index (κ2) is 6.37. The van der Waals surface area contributed by atoms with E-state index in [1.165, 1.54) is 0 Å². The third kappa shape index (κ3) is 4.27. The molecule has 0 aliphatic heterocycles. The van der Waals surface area contributed by atoms with E-state index in [-0.39, 0.29) is 0 Å². The van der Waals surface area contributed by atoms with Crippen molar-refractivity contribution in [2.45, 2.75) is 13.5 Å². The van der Waals surface area contributed by atoms with Crippen LogP contribution in [0.5, 0.6) is 0 Å². The Morgan fingerprint density at radius 1 is 1.53 bits per heavy atom. The van der Waals surface area contributed by atoms with Crippen molar-refractivity contribution >= 4 is 6.29 Å². The summed E-state index contributed by atoms with van der Waals surface area (Å²) >= 11 is 0. The Morgan fingerprint density at radius 3 is 2.93 bits per heavy atom. The fourth-order valence-electron chi connectivity index (χ4n) is 1.25. The molecule has 0 aliphatic carbocycles. The largest absolute Gasteiger partial charge is 0.457 e. The van der Waals surface area contributed by atoms with E-state index in [9.17, 15) is 4.79 Å². The Balaban J connectivity index is 2.30. The predicted molar refractivity (Wildman–Crippen MR) is 56.9 cm³/mol. The van der Waals surface area contributed by atoms with Gasteiger partial charge in [0.25, 0.3) is 0 Å². The number of rotatable bonds is 7. The lowest BCUT2D eigenvalue weighted by molar-refractivity contribution is 0.108. The van der Waals surface area contributed by atoms with Gasteiger partial charge < -0.3 is 9.15 Å². The Labute approximate surface area is 89.8 Å². The maximum absolute atomic E-state index is 10.4. The molecule has 4 nitrogen and oxygen atoms in total. The minimum absolute atomic E-state index is 0.378. The maximum Gasteiger partial charge on any atom is 0.185 e. The maximum atomic E-state index is 10.4. The molecule has 4 heteroatoms. The molecule has 0 amide bonds. The predicted octanol–water partition coefficient (Wildman–Crippen LogP) is 1.56. The Kier molecular flexibility index (Phi) is 5.07. The van der Waals surface area contributed by atoms with Crippen molar-refractivity contribution in [2.24, 2.45) is 0 Å². The molecule has 0 N–H and O–H groups in total. The lowest BCUT2D eigenvalue weighted by Crippen LogP contribution is -2.22. The zero-order valence-corrected chi connectivity index (χ0v) is 9.23. The van der Waals surface area contributed by atoms with Crippen molar-refractivity contribution < 1.29 is 13.9 Å². The van der Waals surface area contributed by atoms with Gasteiger partial charge in [0, 0.05) is 13.2 Å². The van der Waals surface area contributed by atoms with Crippen LogP contribution in [0.15, 0.2) is 16.5 Å². The smallest absolute Gasteiger partial charge is 0.185 e. The average molecular weight is 211 g/mol. The number of likely N-dealkylation sites (N-methyl/N-ethyl adjacent to an activating group) is 1. The van der Waals surface area contributed by atoms with Crippen LogP contribution in [0.3, 0.4) is 0 Å². The number of nitrogens with zero attached hydrogens (tertiary/aromatic N) is 1. The molecule has 0 radical (unpaired) electrons. The summed E-state index contributed by atoms with van der Waals surface area (Å²) in [7, 11) is 1.99. The van der Waals surface area contributed by atoms with Gasteiger partial charge in [0.2, 0.25) is 0 Å². The number of carbonyl (C=O) groups excluding carboxylic acids is 1. The number of aldehydes is 1. The van der Waals surface area contributed by atoms with Crippen LogP contribution in [0.1, 0.15) is 23.2 Å². The van der Waals surface area contributed by atoms with Crippen molar-refractivity contribution in [3.63, 3.8) is 0 Å². The summed E-state index contributed by atoms with van der Waals surface area (Å²) < 4.78 is 10.5. The van der Waals surface area contributed by atoms with Crippen molar-refractivity contribution in [3.05, 3.63) is 23.7 Å². The number of carbonyl (C=O) groups is 1. The average Bonchev–Trinajstić information content (AvgIpc) is 2.66. The number of furan rings is 1. The molecule has 84 valence electrons. The highest BCUT2D eigenvalue weighted by molar-refractivity contribution is 5.70. The van der Waals surface area contributed by atoms with Crippen LogP contribution in [0.2, 0.25) is 0 Å². The molecule has 0 bridgehead atoms. The first-order valence-electron chi connectivity index (χ1n) is 5.06. The van der Waals surface area contributed by atoms with Gasteiger partial charge in [-0.3, -0.25) is 9.69 Å². The highest BCUT2D eigenvalue weighted by atomic mass is 16.5. The van der Waals surface area contributed by atoms with Gasteiger partial charge >= 0.3 is 0 Å². The van der Waals surface area contributed by atoms with Crippen LogP contribution in [0, 0.1) is 0 Å². The van der Waals surface area contributed by atoms with Crippen LogP contribution in [-0.4, -0.2) is 38.0 Å². The lowest BCUT2D eigenvalue weighted by atomic mass is 10.4. The molecule has 0 saturated heterocycles. The van der Waals surface area contributed by atoms with Gasteiger partial charge in [0.15, 0.2) is 12.0 Å². The highest BCUT2D eigenvalue weighted by Crippen LogP contribution is 2.07. The second-order valence-corrected chi connectivity index (χ2v) is 3.36. The summed E-state index contributed by atoms with van der Waals surface area (Å²) in [5, 5.41) is 0. The monoisotopic (exact) mass is 211 g/mol. The van der Waals surface area contributed by atoms with E-state index in [0.29, 0.717) is 25.2 Å². The Hall–Kier alpha value is -1.13. The molecular weight excluding hydrogens is 194 g/mol. The van der Waals surface area contributed by atoms with Crippen molar-refractivity contribution in [3.8, 4) is 0 Å². The topological polar surface area (TPSA) is 42.7 Å². The third-order valence-electron chi connectivity index (χ3n) is 2.05. The first kappa shape index (κ1) is 11.9. The van der Waals surface area contributed by atoms with Crippen LogP contribution in [0.4, 0.5) is 0 Å². The van der Waals surface area contributed by atoms with Crippen LogP contribution < -0.4 is 0 Å². The molecule has 15 heavy (non-hydrogen) atoms. The lowest BCUT2D eigenvalue weighted by Gasteiger charge is -2.14. The third-order valence-corrected chi connectivity index (χ3v) is 2.05. The SMILES string of the molecule is CCOCCN(C)Cc1ccc(C=O)o1. The Bertz CT molecular complexity index is 296. The molecule has 1 heterocycles. The summed E-state index contributed by atoms with van der Waals surface area (Å²) in [6.45, 7) is 4.98. The summed E-state index contributed by atoms with van der Waals surface area (Å²) in [4.78, 5) is 12.5. The van der Waals surface area contributed by atoms with Gasteiger partial charge in [-0.1, -0.05) is 0 Å². The van der Waals surface area contributed by atoms with Gasteiger partial charge in [0.05, 0.1) is 13.2 Å². The van der Waals surface area contributed by atoms with Gasteiger partial charge in [-0.25, -0.2) is 0 Å². The van der Waals surface area contributed by atoms with E-state index in [1.54, 1.807) is 6.07 Å². The first-order valence-corrected chi connectivity index (χ1v) is 5.06. The van der Waals surface area contributed by atoms with Crippen molar-refractivity contribution in [1.29, 1.82) is 0 Å². The quantitative estimate of drug-likeness (QED) is 0.507. The molecule has 0 unspecified atom stereocenters. The minimum Gasteiger partial charge on any atom is -0.457 e. The minimum atomic E-state index is 0.378. The summed E-state index contributed by atoms with van der Waals surface area (Å²) in [5.74, 6) is 1.18. The molecule has 0 fully saturated rings. The fourth-order valence-corrected chi connectivity index (χ4v) is 1.25. The van der Waals surface area contributed by atoms with Crippen molar-refractivity contribution in [2.75, 3.05) is 26.8 Å². The number of hydrogen-bond donors (Lipinski definition) is 0. The molecule has 0 saturated carbocycles. The molecule has 0 atom stereocenters. The molecule has 1 aromatic heterocycles. The molecule has 0 aromatic carbocycles. The van der Waals surface area contributed by atoms with Gasteiger partial charge in [0.1, 0.15) is 5.76 Å². The first-order chi connectivity index (χ1) is 7.26. The fraction of sp³-hybridized carbons (Fsp3) is 0.545. The molecule has 0 aliphatic rings. The van der Waals surface area contributed by atoms with Crippen molar-refractivity contribution in [1.82, 2.24) is 4.90 Å². The molecule has 1 rings (SSSR count). The zero-order chi connectivity index (χ0) is 11.1. The van der Waals surface area contributed by atoms with E-state index >= 15 is 0 Å². The van der Waals surface area contributed by atoms with Crippen LogP contribution >= 0.6 is 0 Å². The normalized spacial score (nSPS) is 10.9. The van der Waals surface area contributed by atoms with E-state index in [1.807, 2.05) is 20.0 Å². The van der Waals surface area contributed by atoms with E-state index < -0.39 is 0 Å². The summed E-state index contributed by atoms with van der Waals surface area (Å²) in [6.07, 6.45) is 0.712. The van der Waals surface area contributed by atoms with Crippen LogP contribution in [0.25, 0.3) is 0 Å². The van der Waals surface area contributed by atoms with Gasteiger partial charge in [-0.05, 0) is 26.1 Å². The Morgan fingerprint density at radius 2 is 2.33 bits per heavy atom. The van der Waals surface area contributed by atoms with E-state index in [4.69, 9.17) is 9.15 Å². The standard InChI is InChI=1S/C11H17NO3/c1-3-14-7-6-12(2)8-10-4-5-11(9-13)15-10/h4-5,9H,3,6-8H2,1-2H3. The van der Waals surface area contributed by atoms with Gasteiger partial charge in [-0.15, -0.1) is 0 Å². The molecule has 0 spiro atoms. The number of hydrogen-bond acceptors (Lipinski definition) is 4. The zero-order valence-electron chi connectivity index (χ0n) is 9.23.